The van der Waals surface area contributed by atoms with E-state index in [4.69, 9.17) is 15.0 Å². The molecule has 0 aliphatic carbocycles. The molecule has 1 unspecified atom stereocenters. The van der Waals surface area contributed by atoms with Crippen LogP contribution in [0.4, 0.5) is 5.69 Å². The average molecular weight is 301 g/mol. The highest BCUT2D eigenvalue weighted by atomic mass is 32.1. The maximum atomic E-state index is 6.01. The molecule has 0 amide bonds. The quantitative estimate of drug-likeness (QED) is 0.799. The van der Waals surface area contributed by atoms with Crippen LogP contribution in [0.3, 0.4) is 0 Å². The lowest BCUT2D eigenvalue weighted by molar-refractivity contribution is 0.126. The molecule has 0 saturated carbocycles. The summed E-state index contributed by atoms with van der Waals surface area (Å²) in [6.45, 7) is 1.95. The van der Waals surface area contributed by atoms with Gasteiger partial charge in [0.1, 0.15) is 11.0 Å². The predicted molar refractivity (Wildman–Crippen MR) is 82.1 cm³/mol. The standard InChI is InChI=1S/C15H15N3O2S/c1-9-8-21-13(11(9)16)15-17-14(18-20-15)12(19-2)10-6-4-3-5-7-10/h3-8,12H,16H2,1-2H3. The third-order valence-corrected chi connectivity index (χ3v) is 4.33. The normalized spacial score (nSPS) is 12.5. The van der Waals surface area contributed by atoms with Crippen LogP contribution in [0.2, 0.25) is 0 Å². The minimum Gasteiger partial charge on any atom is -0.397 e. The van der Waals surface area contributed by atoms with E-state index in [2.05, 4.69) is 10.1 Å². The molecule has 0 spiro atoms. The van der Waals surface area contributed by atoms with Gasteiger partial charge in [0.15, 0.2) is 0 Å². The Kier molecular flexibility index (Phi) is 3.72. The number of nitrogen functional groups attached to an aromatic ring is 1. The van der Waals surface area contributed by atoms with Gasteiger partial charge in [0.25, 0.3) is 5.89 Å². The van der Waals surface area contributed by atoms with Crippen LogP contribution >= 0.6 is 11.3 Å². The second-order valence-corrected chi connectivity index (χ2v) is 5.53. The third kappa shape index (κ3) is 2.55. The van der Waals surface area contributed by atoms with Gasteiger partial charge in [0.2, 0.25) is 5.82 Å². The Balaban J connectivity index is 1.96. The molecule has 0 bridgehead atoms. The molecule has 0 aliphatic heterocycles. The van der Waals surface area contributed by atoms with E-state index >= 15 is 0 Å². The number of ether oxygens (including phenoxy) is 1. The first-order valence-corrected chi connectivity index (χ1v) is 7.34. The number of rotatable bonds is 4. The number of benzene rings is 1. The maximum Gasteiger partial charge on any atom is 0.270 e. The monoisotopic (exact) mass is 301 g/mol. The van der Waals surface area contributed by atoms with Crippen LogP contribution in [-0.2, 0) is 4.74 Å². The molecule has 2 aromatic heterocycles. The SMILES string of the molecule is COC(c1ccccc1)c1noc(-c2scc(C)c2N)n1. The van der Waals surface area contributed by atoms with Gasteiger partial charge in [-0.25, -0.2) is 0 Å². The molecule has 3 aromatic rings. The lowest BCUT2D eigenvalue weighted by Crippen LogP contribution is -2.05. The first kappa shape index (κ1) is 13.8. The van der Waals surface area contributed by atoms with E-state index in [0.717, 1.165) is 16.0 Å². The summed E-state index contributed by atoms with van der Waals surface area (Å²) in [6, 6.07) is 9.78. The van der Waals surface area contributed by atoms with Crippen molar-refractivity contribution in [3.8, 4) is 10.8 Å². The molecule has 108 valence electrons. The zero-order chi connectivity index (χ0) is 14.8. The molecular formula is C15H15N3O2S. The number of methoxy groups -OCH3 is 1. The highest BCUT2D eigenvalue weighted by molar-refractivity contribution is 7.14. The molecular weight excluding hydrogens is 286 g/mol. The van der Waals surface area contributed by atoms with Crippen LogP contribution in [0.1, 0.15) is 23.1 Å². The van der Waals surface area contributed by atoms with E-state index in [0.29, 0.717) is 17.4 Å². The average Bonchev–Trinajstić information content (AvgIpc) is 3.10. The molecule has 0 fully saturated rings. The lowest BCUT2D eigenvalue weighted by Gasteiger charge is -2.10. The van der Waals surface area contributed by atoms with E-state index in [1.165, 1.54) is 11.3 Å². The first-order chi connectivity index (χ1) is 10.2. The van der Waals surface area contributed by atoms with Crippen molar-refractivity contribution in [2.45, 2.75) is 13.0 Å². The second kappa shape index (κ2) is 5.67. The molecule has 5 nitrogen and oxygen atoms in total. The molecule has 1 atom stereocenters. The number of nitrogens with zero attached hydrogens (tertiary/aromatic N) is 2. The molecule has 2 heterocycles. The molecule has 0 aliphatic rings. The van der Waals surface area contributed by atoms with Crippen molar-refractivity contribution in [3.63, 3.8) is 0 Å². The van der Waals surface area contributed by atoms with E-state index in [1.54, 1.807) is 7.11 Å². The summed E-state index contributed by atoms with van der Waals surface area (Å²) in [4.78, 5) is 5.23. The summed E-state index contributed by atoms with van der Waals surface area (Å²) in [5.41, 5.74) is 8.69. The maximum absolute atomic E-state index is 6.01. The van der Waals surface area contributed by atoms with Gasteiger partial charge in [-0.05, 0) is 23.4 Å². The molecule has 0 radical (unpaired) electrons. The highest BCUT2D eigenvalue weighted by Crippen LogP contribution is 2.34. The van der Waals surface area contributed by atoms with Gasteiger partial charge < -0.3 is 15.0 Å². The number of hydrogen-bond acceptors (Lipinski definition) is 6. The van der Waals surface area contributed by atoms with Gasteiger partial charge in [-0.15, -0.1) is 11.3 Å². The molecule has 2 N–H and O–H groups in total. The van der Waals surface area contributed by atoms with Crippen molar-refractivity contribution < 1.29 is 9.26 Å². The van der Waals surface area contributed by atoms with Gasteiger partial charge >= 0.3 is 0 Å². The molecule has 1 aromatic carbocycles. The summed E-state index contributed by atoms with van der Waals surface area (Å²) in [6.07, 6.45) is -0.356. The summed E-state index contributed by atoms with van der Waals surface area (Å²) in [7, 11) is 1.62. The van der Waals surface area contributed by atoms with Crippen molar-refractivity contribution in [2.24, 2.45) is 0 Å². The van der Waals surface area contributed by atoms with Crippen LogP contribution in [-0.4, -0.2) is 17.3 Å². The third-order valence-electron chi connectivity index (χ3n) is 3.23. The zero-order valence-corrected chi connectivity index (χ0v) is 12.6. The molecule has 21 heavy (non-hydrogen) atoms. The van der Waals surface area contributed by atoms with Crippen LogP contribution in [0.25, 0.3) is 10.8 Å². The fourth-order valence-corrected chi connectivity index (χ4v) is 2.96. The Morgan fingerprint density at radius 2 is 2.05 bits per heavy atom. The van der Waals surface area contributed by atoms with Crippen molar-refractivity contribution in [3.05, 3.63) is 52.7 Å². The topological polar surface area (TPSA) is 74.2 Å². The summed E-state index contributed by atoms with van der Waals surface area (Å²) in [5.74, 6) is 0.919. The van der Waals surface area contributed by atoms with E-state index < -0.39 is 0 Å². The number of nitrogens with two attached hydrogens (primary N) is 1. The van der Waals surface area contributed by atoms with Gasteiger partial charge in [-0.2, -0.15) is 4.98 Å². The predicted octanol–water partition coefficient (Wildman–Crippen LogP) is 3.42. The van der Waals surface area contributed by atoms with E-state index in [9.17, 15) is 0 Å². The van der Waals surface area contributed by atoms with Crippen molar-refractivity contribution in [2.75, 3.05) is 12.8 Å². The Hall–Kier alpha value is -2.18. The van der Waals surface area contributed by atoms with Crippen LogP contribution in [0.15, 0.2) is 40.2 Å². The fourth-order valence-electron chi connectivity index (χ4n) is 2.07. The lowest BCUT2D eigenvalue weighted by atomic mass is 10.1. The van der Waals surface area contributed by atoms with E-state index in [-0.39, 0.29) is 6.10 Å². The van der Waals surface area contributed by atoms with Crippen LogP contribution in [0, 0.1) is 6.92 Å². The summed E-state index contributed by atoms with van der Waals surface area (Å²) >= 11 is 1.50. The number of aromatic nitrogens is 2. The zero-order valence-electron chi connectivity index (χ0n) is 11.7. The second-order valence-electron chi connectivity index (χ2n) is 4.65. The van der Waals surface area contributed by atoms with Crippen LogP contribution < -0.4 is 5.73 Å². The number of aryl methyl sites for hydroxylation is 1. The molecule has 6 heteroatoms. The minimum absolute atomic E-state index is 0.356. The van der Waals surface area contributed by atoms with Gasteiger partial charge in [-0.1, -0.05) is 35.5 Å². The number of thiophene rings is 1. The Labute approximate surface area is 126 Å². The fraction of sp³-hybridized carbons (Fsp3) is 0.200. The van der Waals surface area contributed by atoms with Crippen molar-refractivity contribution in [1.82, 2.24) is 10.1 Å². The Morgan fingerprint density at radius 3 is 2.67 bits per heavy atom. The summed E-state index contributed by atoms with van der Waals surface area (Å²) < 4.78 is 10.8. The summed E-state index contributed by atoms with van der Waals surface area (Å²) in [5, 5.41) is 6.00. The molecule has 3 rings (SSSR count). The Morgan fingerprint density at radius 1 is 1.29 bits per heavy atom. The molecule has 0 saturated heterocycles. The van der Waals surface area contributed by atoms with E-state index in [1.807, 2.05) is 42.6 Å². The smallest absolute Gasteiger partial charge is 0.270 e. The number of anilines is 1. The van der Waals surface area contributed by atoms with Gasteiger partial charge in [0.05, 0.1) is 5.69 Å². The van der Waals surface area contributed by atoms with Crippen molar-refractivity contribution >= 4 is 17.0 Å². The van der Waals surface area contributed by atoms with Gasteiger partial charge in [-0.3, -0.25) is 0 Å². The minimum atomic E-state index is -0.356. The largest absolute Gasteiger partial charge is 0.397 e. The highest BCUT2D eigenvalue weighted by Gasteiger charge is 2.22. The first-order valence-electron chi connectivity index (χ1n) is 6.46. The van der Waals surface area contributed by atoms with Crippen molar-refractivity contribution in [1.29, 1.82) is 0 Å². The van der Waals surface area contributed by atoms with Crippen LogP contribution in [0.5, 0.6) is 0 Å². The Bertz CT molecular complexity index is 736. The number of hydrogen-bond donors (Lipinski definition) is 1. The van der Waals surface area contributed by atoms with Gasteiger partial charge in [0, 0.05) is 7.11 Å².